The summed E-state index contributed by atoms with van der Waals surface area (Å²) in [5, 5.41) is 0. The molecular formula is C22H35N5O. The van der Waals surface area contributed by atoms with Gasteiger partial charge in [0.2, 0.25) is 5.95 Å². The lowest BCUT2D eigenvalue weighted by atomic mass is 9.98. The van der Waals surface area contributed by atoms with Gasteiger partial charge in [-0.15, -0.1) is 0 Å². The number of rotatable bonds is 5. The van der Waals surface area contributed by atoms with Crippen molar-refractivity contribution in [1.82, 2.24) is 19.8 Å². The summed E-state index contributed by atoms with van der Waals surface area (Å²) in [6.07, 6.45) is 13.2. The van der Waals surface area contributed by atoms with Gasteiger partial charge in [-0.3, -0.25) is 4.79 Å². The summed E-state index contributed by atoms with van der Waals surface area (Å²) in [5.74, 6) is 1.57. The van der Waals surface area contributed by atoms with Crippen LogP contribution in [0.15, 0.2) is 12.4 Å². The van der Waals surface area contributed by atoms with Gasteiger partial charge in [0, 0.05) is 44.6 Å². The van der Waals surface area contributed by atoms with Gasteiger partial charge in [-0.05, 0) is 70.4 Å². The molecule has 1 aromatic rings. The lowest BCUT2D eigenvalue weighted by Crippen LogP contribution is -2.45. The number of carbonyl (C=O) groups excluding carboxylic acids is 1. The molecule has 28 heavy (non-hydrogen) atoms. The van der Waals surface area contributed by atoms with Gasteiger partial charge < -0.3 is 14.7 Å². The summed E-state index contributed by atoms with van der Waals surface area (Å²) in [6.45, 7) is 8.76. The highest BCUT2D eigenvalue weighted by molar-refractivity contribution is 5.94. The standard InChI is InChI=1S/C22H35N5O/c1-18-7-6-12-26(17-18)22-23-15-19(16-24-22)21(28)27-13-3-2-8-20(27)9-14-25-10-4-5-11-25/h15-16,18,20H,2-14,17H2,1H3/t18-,20-/m0/s1. The van der Waals surface area contributed by atoms with Gasteiger partial charge in [0.1, 0.15) is 0 Å². The summed E-state index contributed by atoms with van der Waals surface area (Å²) >= 11 is 0. The highest BCUT2D eigenvalue weighted by atomic mass is 16.2. The largest absolute Gasteiger partial charge is 0.341 e. The molecular weight excluding hydrogens is 350 g/mol. The molecule has 0 aromatic carbocycles. The molecule has 6 nitrogen and oxygen atoms in total. The lowest BCUT2D eigenvalue weighted by molar-refractivity contribution is 0.0587. The van der Waals surface area contributed by atoms with Crippen LogP contribution in [-0.4, -0.2) is 71.0 Å². The number of carbonyl (C=O) groups is 1. The number of aromatic nitrogens is 2. The molecule has 0 spiro atoms. The van der Waals surface area contributed by atoms with E-state index >= 15 is 0 Å². The van der Waals surface area contributed by atoms with E-state index in [2.05, 4.69) is 31.6 Å². The normalized spacial score (nSPS) is 26.6. The Hall–Kier alpha value is -1.69. The van der Waals surface area contributed by atoms with E-state index < -0.39 is 0 Å². The van der Waals surface area contributed by atoms with E-state index in [1.807, 2.05) is 0 Å². The molecule has 3 aliphatic rings. The summed E-state index contributed by atoms with van der Waals surface area (Å²) in [4.78, 5) is 29.2. The molecule has 0 N–H and O–H groups in total. The van der Waals surface area contributed by atoms with Gasteiger partial charge in [-0.25, -0.2) is 9.97 Å². The number of hydrogen-bond donors (Lipinski definition) is 0. The topological polar surface area (TPSA) is 52.6 Å². The molecule has 1 aromatic heterocycles. The van der Waals surface area contributed by atoms with Gasteiger partial charge >= 0.3 is 0 Å². The van der Waals surface area contributed by atoms with Crippen LogP contribution in [0.3, 0.4) is 0 Å². The van der Waals surface area contributed by atoms with Crippen molar-refractivity contribution in [3.63, 3.8) is 0 Å². The molecule has 154 valence electrons. The summed E-state index contributed by atoms with van der Waals surface area (Å²) in [6, 6.07) is 0.365. The molecule has 0 aliphatic carbocycles. The van der Waals surface area contributed by atoms with Crippen molar-refractivity contribution in [1.29, 1.82) is 0 Å². The predicted octanol–water partition coefficient (Wildman–Crippen LogP) is 3.19. The van der Waals surface area contributed by atoms with E-state index in [-0.39, 0.29) is 5.91 Å². The quantitative estimate of drug-likeness (QED) is 0.779. The first-order valence-corrected chi connectivity index (χ1v) is 11.3. The third kappa shape index (κ3) is 4.65. The van der Waals surface area contributed by atoms with Crippen LogP contribution in [-0.2, 0) is 0 Å². The van der Waals surface area contributed by atoms with E-state index in [4.69, 9.17) is 0 Å². The van der Waals surface area contributed by atoms with E-state index in [1.165, 1.54) is 45.2 Å². The molecule has 3 fully saturated rings. The molecule has 3 saturated heterocycles. The van der Waals surface area contributed by atoms with Crippen LogP contribution < -0.4 is 4.90 Å². The first-order valence-electron chi connectivity index (χ1n) is 11.3. The van der Waals surface area contributed by atoms with E-state index in [0.29, 0.717) is 17.5 Å². The maximum absolute atomic E-state index is 13.2. The Morgan fingerprint density at radius 1 is 1.00 bits per heavy atom. The van der Waals surface area contributed by atoms with Crippen molar-refractivity contribution >= 4 is 11.9 Å². The van der Waals surface area contributed by atoms with Gasteiger partial charge in [0.25, 0.3) is 5.91 Å². The number of anilines is 1. The Kier molecular flexibility index (Phi) is 6.45. The monoisotopic (exact) mass is 385 g/mol. The second-order valence-electron chi connectivity index (χ2n) is 8.95. The Labute approximate surface area is 169 Å². The van der Waals surface area contributed by atoms with E-state index in [9.17, 15) is 4.79 Å². The molecule has 3 aliphatic heterocycles. The highest BCUT2D eigenvalue weighted by Gasteiger charge is 2.29. The Morgan fingerprint density at radius 2 is 1.75 bits per heavy atom. The van der Waals surface area contributed by atoms with Crippen LogP contribution in [0.2, 0.25) is 0 Å². The number of piperidine rings is 2. The highest BCUT2D eigenvalue weighted by Crippen LogP contribution is 2.24. The number of hydrogen-bond acceptors (Lipinski definition) is 5. The smallest absolute Gasteiger partial charge is 0.257 e. The molecule has 1 amide bonds. The van der Waals surface area contributed by atoms with Crippen molar-refractivity contribution in [2.75, 3.05) is 44.2 Å². The summed E-state index contributed by atoms with van der Waals surface area (Å²) < 4.78 is 0. The first-order chi connectivity index (χ1) is 13.7. The van der Waals surface area contributed by atoms with Crippen LogP contribution in [0.5, 0.6) is 0 Å². The lowest BCUT2D eigenvalue weighted by Gasteiger charge is -2.36. The number of likely N-dealkylation sites (tertiary alicyclic amines) is 2. The summed E-state index contributed by atoms with van der Waals surface area (Å²) in [7, 11) is 0. The van der Waals surface area contributed by atoms with Gasteiger partial charge in [-0.1, -0.05) is 6.92 Å². The molecule has 0 radical (unpaired) electrons. The van der Waals surface area contributed by atoms with Crippen molar-refractivity contribution in [3.05, 3.63) is 18.0 Å². The molecule has 0 unspecified atom stereocenters. The van der Waals surface area contributed by atoms with E-state index in [0.717, 1.165) is 51.4 Å². The molecule has 0 bridgehead atoms. The second kappa shape index (κ2) is 9.21. The predicted molar refractivity (Wildman–Crippen MR) is 112 cm³/mol. The Morgan fingerprint density at radius 3 is 2.50 bits per heavy atom. The third-order valence-electron chi connectivity index (χ3n) is 6.69. The van der Waals surface area contributed by atoms with Gasteiger partial charge in [0.05, 0.1) is 5.56 Å². The summed E-state index contributed by atoms with van der Waals surface area (Å²) in [5.41, 5.74) is 0.641. The van der Waals surface area contributed by atoms with Crippen molar-refractivity contribution < 1.29 is 4.79 Å². The average molecular weight is 386 g/mol. The Balaban J connectivity index is 1.38. The van der Waals surface area contributed by atoms with E-state index in [1.54, 1.807) is 12.4 Å². The minimum absolute atomic E-state index is 0.115. The first kappa shape index (κ1) is 19.6. The molecule has 2 atom stereocenters. The molecule has 0 saturated carbocycles. The third-order valence-corrected chi connectivity index (χ3v) is 6.69. The average Bonchev–Trinajstić information content (AvgIpc) is 3.26. The van der Waals surface area contributed by atoms with Crippen LogP contribution in [0.4, 0.5) is 5.95 Å². The maximum Gasteiger partial charge on any atom is 0.257 e. The molecule has 4 rings (SSSR count). The number of amides is 1. The molecule has 6 heteroatoms. The van der Waals surface area contributed by atoms with Crippen molar-refractivity contribution in [3.8, 4) is 0 Å². The zero-order valence-electron chi connectivity index (χ0n) is 17.4. The zero-order chi connectivity index (χ0) is 19.3. The SMILES string of the molecule is C[C@H]1CCCN(c2ncc(C(=O)N3CCCC[C@H]3CCN3CCCC3)cn2)C1. The van der Waals surface area contributed by atoms with Gasteiger partial charge in [-0.2, -0.15) is 0 Å². The van der Waals surface area contributed by atoms with Crippen molar-refractivity contribution in [2.45, 2.75) is 64.3 Å². The fourth-order valence-corrected chi connectivity index (χ4v) is 5.04. The maximum atomic E-state index is 13.2. The van der Waals surface area contributed by atoms with Crippen LogP contribution in [0.1, 0.15) is 68.6 Å². The minimum Gasteiger partial charge on any atom is -0.341 e. The Bertz CT molecular complexity index is 643. The van der Waals surface area contributed by atoms with Crippen molar-refractivity contribution in [2.24, 2.45) is 5.92 Å². The minimum atomic E-state index is 0.115. The second-order valence-corrected chi connectivity index (χ2v) is 8.95. The fraction of sp³-hybridized carbons (Fsp3) is 0.773. The van der Waals surface area contributed by atoms with Gasteiger partial charge in [0.15, 0.2) is 0 Å². The van der Waals surface area contributed by atoms with Crippen LogP contribution >= 0.6 is 0 Å². The van der Waals surface area contributed by atoms with Crippen LogP contribution in [0.25, 0.3) is 0 Å². The van der Waals surface area contributed by atoms with Crippen LogP contribution in [0, 0.1) is 5.92 Å². The zero-order valence-corrected chi connectivity index (χ0v) is 17.4. The number of nitrogens with zero attached hydrogens (tertiary/aromatic N) is 5. The molecule has 4 heterocycles. The fourth-order valence-electron chi connectivity index (χ4n) is 5.04.